The van der Waals surface area contributed by atoms with Gasteiger partial charge in [-0.15, -0.1) is 11.3 Å². The fourth-order valence-corrected chi connectivity index (χ4v) is 4.40. The number of hydrogen-bond donors (Lipinski definition) is 2. The van der Waals surface area contributed by atoms with Crippen molar-refractivity contribution < 1.29 is 9.53 Å². The molecule has 0 spiro atoms. The zero-order chi connectivity index (χ0) is 19.0. The highest BCUT2D eigenvalue weighted by atomic mass is 32.1. The van der Waals surface area contributed by atoms with Crippen LogP contribution in [0.5, 0.6) is 0 Å². The van der Waals surface area contributed by atoms with E-state index in [2.05, 4.69) is 22.4 Å². The molecule has 5 nitrogen and oxygen atoms in total. The molecule has 0 saturated heterocycles. The summed E-state index contributed by atoms with van der Waals surface area (Å²) in [6, 6.07) is 6.06. The second-order valence-electron chi connectivity index (χ2n) is 6.61. The quantitative estimate of drug-likeness (QED) is 0.709. The molecular formula is C20H23N3O2S. The molecule has 2 aromatic heterocycles. The minimum Gasteiger partial charge on any atom is -0.397 e. The van der Waals surface area contributed by atoms with E-state index in [1.165, 1.54) is 16.9 Å². The Morgan fingerprint density at radius 1 is 1.19 bits per heavy atom. The number of carbonyl (C=O) groups is 1. The number of pyridine rings is 1. The van der Waals surface area contributed by atoms with E-state index in [4.69, 9.17) is 10.5 Å². The zero-order valence-corrected chi connectivity index (χ0v) is 16.5. The predicted octanol–water partition coefficient (Wildman–Crippen LogP) is 4.51. The summed E-state index contributed by atoms with van der Waals surface area (Å²) >= 11 is 1.32. The van der Waals surface area contributed by atoms with Crippen molar-refractivity contribution in [2.24, 2.45) is 0 Å². The maximum Gasteiger partial charge on any atom is 0.267 e. The molecule has 0 aliphatic heterocycles. The number of nitrogen functional groups attached to an aromatic ring is 1. The number of hydrogen-bond acceptors (Lipinski definition) is 5. The number of nitrogens with one attached hydrogen (secondary N) is 1. The van der Waals surface area contributed by atoms with E-state index in [0.29, 0.717) is 17.2 Å². The van der Waals surface area contributed by atoms with Crippen molar-refractivity contribution in [3.63, 3.8) is 0 Å². The molecule has 0 fully saturated rings. The molecule has 26 heavy (non-hydrogen) atoms. The van der Waals surface area contributed by atoms with Crippen LogP contribution in [0.4, 0.5) is 11.4 Å². The number of methoxy groups -OCH3 is 1. The summed E-state index contributed by atoms with van der Waals surface area (Å²) in [6.45, 7) is 8.38. The van der Waals surface area contributed by atoms with Crippen molar-refractivity contribution in [2.75, 3.05) is 18.2 Å². The first-order valence-corrected chi connectivity index (χ1v) is 9.20. The topological polar surface area (TPSA) is 77.2 Å². The third-order valence-electron chi connectivity index (χ3n) is 4.33. The normalized spacial score (nSPS) is 11.1. The van der Waals surface area contributed by atoms with Crippen molar-refractivity contribution in [2.45, 2.75) is 34.3 Å². The van der Waals surface area contributed by atoms with Gasteiger partial charge in [0.1, 0.15) is 9.71 Å². The highest BCUT2D eigenvalue weighted by Crippen LogP contribution is 2.36. The van der Waals surface area contributed by atoms with E-state index in [1.807, 2.05) is 33.8 Å². The summed E-state index contributed by atoms with van der Waals surface area (Å²) in [7, 11) is 1.64. The average molecular weight is 369 g/mol. The van der Waals surface area contributed by atoms with Crippen LogP contribution in [0.25, 0.3) is 10.2 Å². The van der Waals surface area contributed by atoms with Gasteiger partial charge in [0.2, 0.25) is 0 Å². The molecule has 0 atom stereocenters. The second-order valence-corrected chi connectivity index (χ2v) is 7.61. The van der Waals surface area contributed by atoms with Gasteiger partial charge in [0, 0.05) is 23.9 Å². The van der Waals surface area contributed by atoms with E-state index in [-0.39, 0.29) is 5.91 Å². The van der Waals surface area contributed by atoms with Crippen molar-refractivity contribution in [3.8, 4) is 0 Å². The van der Waals surface area contributed by atoms with Gasteiger partial charge in [-0.2, -0.15) is 0 Å². The molecule has 136 valence electrons. The van der Waals surface area contributed by atoms with Gasteiger partial charge in [-0.25, -0.2) is 4.98 Å². The maximum absolute atomic E-state index is 12.9. The molecule has 0 aliphatic carbocycles. The largest absolute Gasteiger partial charge is 0.397 e. The van der Waals surface area contributed by atoms with Gasteiger partial charge in [0.15, 0.2) is 0 Å². The monoisotopic (exact) mass is 369 g/mol. The second kappa shape index (κ2) is 7.05. The van der Waals surface area contributed by atoms with Crippen molar-refractivity contribution in [1.29, 1.82) is 0 Å². The number of benzene rings is 1. The Bertz CT molecular complexity index is 985. The minimum atomic E-state index is -0.207. The Morgan fingerprint density at radius 2 is 1.85 bits per heavy atom. The van der Waals surface area contributed by atoms with Crippen LogP contribution in [0.3, 0.4) is 0 Å². The molecule has 1 aromatic carbocycles. The number of amides is 1. The van der Waals surface area contributed by atoms with E-state index in [9.17, 15) is 4.79 Å². The summed E-state index contributed by atoms with van der Waals surface area (Å²) in [4.78, 5) is 18.7. The third kappa shape index (κ3) is 3.30. The molecule has 2 heterocycles. The summed E-state index contributed by atoms with van der Waals surface area (Å²) in [5.74, 6) is -0.207. The number of nitrogens with two attached hydrogens (primary N) is 1. The van der Waals surface area contributed by atoms with Crippen LogP contribution in [-0.4, -0.2) is 18.0 Å². The first-order valence-electron chi connectivity index (χ1n) is 8.38. The lowest BCUT2D eigenvalue weighted by Gasteiger charge is -2.12. The average Bonchev–Trinajstić information content (AvgIpc) is 2.87. The van der Waals surface area contributed by atoms with E-state index < -0.39 is 0 Å². The van der Waals surface area contributed by atoms with Gasteiger partial charge < -0.3 is 15.8 Å². The maximum atomic E-state index is 12.9. The molecule has 0 saturated carbocycles. The summed E-state index contributed by atoms with van der Waals surface area (Å²) in [5.41, 5.74) is 12.7. The number of nitrogens with zero attached hydrogens (tertiary/aromatic N) is 1. The summed E-state index contributed by atoms with van der Waals surface area (Å²) in [6.07, 6.45) is 0. The molecule has 3 aromatic rings. The van der Waals surface area contributed by atoms with Gasteiger partial charge in [-0.3, -0.25) is 4.79 Å². The van der Waals surface area contributed by atoms with Crippen molar-refractivity contribution in [3.05, 3.63) is 51.0 Å². The fraction of sp³-hybridized carbons (Fsp3) is 0.300. The van der Waals surface area contributed by atoms with Crippen molar-refractivity contribution >= 4 is 38.8 Å². The fourth-order valence-electron chi connectivity index (χ4n) is 3.32. The Labute approximate surface area is 157 Å². The number of thiophene rings is 1. The molecule has 0 bridgehead atoms. The smallest absolute Gasteiger partial charge is 0.267 e. The zero-order valence-electron chi connectivity index (χ0n) is 15.7. The Morgan fingerprint density at radius 3 is 2.46 bits per heavy atom. The SMILES string of the molecule is COCc1cc(C)nc2sc(C(=O)Nc3c(C)cc(C)cc3C)c(N)c12. The number of fused-ring (bicyclic) bond motifs is 1. The molecular weight excluding hydrogens is 346 g/mol. The predicted molar refractivity (Wildman–Crippen MR) is 108 cm³/mol. The molecule has 3 N–H and O–H groups in total. The molecule has 0 radical (unpaired) electrons. The van der Waals surface area contributed by atoms with E-state index in [0.717, 1.165) is 38.3 Å². The number of ether oxygens (including phenoxy) is 1. The number of aromatic nitrogens is 1. The summed E-state index contributed by atoms with van der Waals surface area (Å²) in [5, 5.41) is 3.83. The standard InChI is InChI=1S/C20H23N3O2S/c1-10-6-11(2)17(12(3)7-10)23-19(24)18-16(21)15-14(9-25-5)8-13(4)22-20(15)26-18/h6-8H,9,21H2,1-5H3,(H,23,24). The van der Waals surface area contributed by atoms with Gasteiger partial charge in [0.05, 0.1) is 12.3 Å². The molecule has 0 unspecified atom stereocenters. The highest BCUT2D eigenvalue weighted by molar-refractivity contribution is 7.21. The van der Waals surface area contributed by atoms with Crippen LogP contribution in [0.15, 0.2) is 18.2 Å². The number of carbonyl (C=O) groups excluding carboxylic acids is 1. The molecule has 3 rings (SSSR count). The minimum absolute atomic E-state index is 0.207. The van der Waals surface area contributed by atoms with Crippen LogP contribution in [0, 0.1) is 27.7 Å². The Hall–Kier alpha value is -2.44. The number of aryl methyl sites for hydroxylation is 4. The van der Waals surface area contributed by atoms with Crippen LogP contribution in [0.1, 0.15) is 37.6 Å². The Balaban J connectivity index is 2.04. The van der Waals surface area contributed by atoms with Crippen LogP contribution < -0.4 is 11.1 Å². The van der Waals surface area contributed by atoms with Crippen LogP contribution >= 0.6 is 11.3 Å². The lowest BCUT2D eigenvalue weighted by atomic mass is 10.0. The first-order chi connectivity index (χ1) is 12.3. The highest BCUT2D eigenvalue weighted by Gasteiger charge is 2.21. The van der Waals surface area contributed by atoms with Gasteiger partial charge in [0.25, 0.3) is 5.91 Å². The lowest BCUT2D eigenvalue weighted by molar-refractivity contribution is 0.103. The molecule has 6 heteroatoms. The van der Waals surface area contributed by atoms with Gasteiger partial charge in [-0.1, -0.05) is 17.7 Å². The Kier molecular flexibility index (Phi) is 4.98. The van der Waals surface area contributed by atoms with Crippen molar-refractivity contribution in [1.82, 2.24) is 4.98 Å². The third-order valence-corrected chi connectivity index (χ3v) is 5.43. The lowest BCUT2D eigenvalue weighted by Crippen LogP contribution is -2.14. The van der Waals surface area contributed by atoms with Gasteiger partial charge in [-0.05, 0) is 50.5 Å². The van der Waals surface area contributed by atoms with Crippen LogP contribution in [0.2, 0.25) is 0 Å². The number of anilines is 2. The first kappa shape index (κ1) is 18.4. The van der Waals surface area contributed by atoms with Crippen LogP contribution in [-0.2, 0) is 11.3 Å². The summed E-state index contributed by atoms with van der Waals surface area (Å²) < 4.78 is 5.27. The molecule has 0 aliphatic rings. The van der Waals surface area contributed by atoms with E-state index in [1.54, 1.807) is 7.11 Å². The molecule has 1 amide bonds. The number of rotatable bonds is 4. The van der Waals surface area contributed by atoms with Gasteiger partial charge >= 0.3 is 0 Å². The van der Waals surface area contributed by atoms with E-state index >= 15 is 0 Å².